The molecule has 0 radical (unpaired) electrons. The van der Waals surface area contributed by atoms with Crippen molar-refractivity contribution >= 4 is 17.7 Å². The van der Waals surface area contributed by atoms with E-state index in [1.165, 1.54) is 0 Å². The molecule has 98 valence electrons. The molecule has 1 saturated carbocycles. The first kappa shape index (κ1) is 13.2. The van der Waals surface area contributed by atoms with Crippen molar-refractivity contribution in [2.75, 3.05) is 0 Å². The summed E-state index contributed by atoms with van der Waals surface area (Å²) in [5, 5.41) is 12.3. The Balaban J connectivity index is 2.25. The van der Waals surface area contributed by atoms with Crippen LogP contribution in [0.4, 0.5) is 4.79 Å². The van der Waals surface area contributed by atoms with E-state index in [1.807, 2.05) is 12.1 Å². The molecular formula is C13H17ClN2O2. The van der Waals surface area contributed by atoms with Crippen molar-refractivity contribution in [1.29, 1.82) is 0 Å². The normalized spacial score (nSPS) is 19.4. The standard InChI is InChI=1S/C13H17ClN2O2/c14-10-5-3-9(4-6-10)11(15)13(16-12(17)18)7-1-2-8-13/h3-6,11,16H,1-2,7-8,15H2,(H,17,18). The van der Waals surface area contributed by atoms with E-state index < -0.39 is 11.6 Å². The molecule has 4 nitrogen and oxygen atoms in total. The lowest BCUT2D eigenvalue weighted by molar-refractivity contribution is 0.170. The fraction of sp³-hybridized carbons (Fsp3) is 0.462. The summed E-state index contributed by atoms with van der Waals surface area (Å²) in [6, 6.07) is 6.93. The van der Waals surface area contributed by atoms with Crippen molar-refractivity contribution in [2.24, 2.45) is 5.73 Å². The lowest BCUT2D eigenvalue weighted by Gasteiger charge is -2.35. The molecule has 2 rings (SSSR count). The van der Waals surface area contributed by atoms with Gasteiger partial charge in [-0.2, -0.15) is 0 Å². The highest BCUT2D eigenvalue weighted by molar-refractivity contribution is 6.30. The molecule has 1 aliphatic rings. The van der Waals surface area contributed by atoms with Crippen LogP contribution in [0.3, 0.4) is 0 Å². The Kier molecular flexibility index (Phi) is 3.78. The molecule has 0 spiro atoms. The number of carboxylic acid groups (broad SMARTS) is 1. The number of carbonyl (C=O) groups is 1. The average Bonchev–Trinajstić information content (AvgIpc) is 2.78. The van der Waals surface area contributed by atoms with Crippen LogP contribution >= 0.6 is 11.6 Å². The van der Waals surface area contributed by atoms with Gasteiger partial charge in [-0.1, -0.05) is 36.6 Å². The number of hydrogen-bond acceptors (Lipinski definition) is 2. The van der Waals surface area contributed by atoms with Gasteiger partial charge in [-0.25, -0.2) is 4.79 Å². The smallest absolute Gasteiger partial charge is 0.405 e. The molecule has 0 aromatic heterocycles. The summed E-state index contributed by atoms with van der Waals surface area (Å²) >= 11 is 5.84. The topological polar surface area (TPSA) is 75.3 Å². The van der Waals surface area contributed by atoms with Crippen molar-refractivity contribution in [3.05, 3.63) is 34.9 Å². The predicted octanol–water partition coefficient (Wildman–Crippen LogP) is 2.92. The van der Waals surface area contributed by atoms with E-state index in [0.717, 1.165) is 31.2 Å². The Morgan fingerprint density at radius 3 is 2.39 bits per heavy atom. The highest BCUT2D eigenvalue weighted by Gasteiger charge is 2.41. The third-order valence-corrected chi connectivity index (χ3v) is 3.93. The maximum Gasteiger partial charge on any atom is 0.405 e. The fourth-order valence-corrected chi connectivity index (χ4v) is 2.85. The van der Waals surface area contributed by atoms with Crippen molar-refractivity contribution in [3.63, 3.8) is 0 Å². The Labute approximate surface area is 111 Å². The lowest BCUT2D eigenvalue weighted by Crippen LogP contribution is -2.53. The molecule has 1 amide bonds. The molecular weight excluding hydrogens is 252 g/mol. The molecule has 1 fully saturated rings. The fourth-order valence-electron chi connectivity index (χ4n) is 2.72. The van der Waals surface area contributed by atoms with E-state index in [0.29, 0.717) is 5.02 Å². The molecule has 0 aliphatic heterocycles. The first-order valence-electron chi connectivity index (χ1n) is 6.06. The molecule has 1 unspecified atom stereocenters. The molecule has 18 heavy (non-hydrogen) atoms. The van der Waals surface area contributed by atoms with Gasteiger partial charge in [0.1, 0.15) is 0 Å². The van der Waals surface area contributed by atoms with Gasteiger partial charge < -0.3 is 16.2 Å². The quantitative estimate of drug-likeness (QED) is 0.789. The van der Waals surface area contributed by atoms with Gasteiger partial charge in [0.25, 0.3) is 0 Å². The Bertz CT molecular complexity index is 427. The summed E-state index contributed by atoms with van der Waals surface area (Å²) in [5.41, 5.74) is 6.63. The molecule has 0 saturated heterocycles. The summed E-state index contributed by atoms with van der Waals surface area (Å²) in [6.07, 6.45) is 2.55. The number of halogens is 1. The zero-order chi connectivity index (χ0) is 13.2. The van der Waals surface area contributed by atoms with Crippen LogP contribution in [0.2, 0.25) is 5.02 Å². The monoisotopic (exact) mass is 268 g/mol. The second-order valence-corrected chi connectivity index (χ2v) is 5.26. The van der Waals surface area contributed by atoms with E-state index in [4.69, 9.17) is 22.4 Å². The minimum Gasteiger partial charge on any atom is -0.465 e. The first-order valence-corrected chi connectivity index (χ1v) is 6.43. The first-order chi connectivity index (χ1) is 8.53. The third-order valence-electron chi connectivity index (χ3n) is 3.68. The van der Waals surface area contributed by atoms with Gasteiger partial charge >= 0.3 is 6.09 Å². The number of hydrogen-bond donors (Lipinski definition) is 3. The molecule has 1 atom stereocenters. The minimum atomic E-state index is -1.01. The van der Waals surface area contributed by atoms with Crippen molar-refractivity contribution < 1.29 is 9.90 Å². The van der Waals surface area contributed by atoms with Gasteiger partial charge in [-0.15, -0.1) is 0 Å². The zero-order valence-corrected chi connectivity index (χ0v) is 10.8. The van der Waals surface area contributed by atoms with Crippen LogP contribution < -0.4 is 11.1 Å². The van der Waals surface area contributed by atoms with Crippen LogP contribution in [0, 0.1) is 0 Å². The zero-order valence-electron chi connectivity index (χ0n) is 10.0. The molecule has 1 aromatic rings. The Hall–Kier alpha value is -1.26. The molecule has 0 heterocycles. The number of benzene rings is 1. The molecule has 1 aliphatic carbocycles. The molecule has 4 N–H and O–H groups in total. The summed E-state index contributed by atoms with van der Waals surface area (Å²) < 4.78 is 0. The predicted molar refractivity (Wildman–Crippen MR) is 70.7 cm³/mol. The van der Waals surface area contributed by atoms with Crippen LogP contribution in [0.5, 0.6) is 0 Å². The van der Waals surface area contributed by atoms with Crippen molar-refractivity contribution in [3.8, 4) is 0 Å². The summed E-state index contributed by atoms with van der Waals surface area (Å²) in [6.45, 7) is 0. The van der Waals surface area contributed by atoms with Crippen molar-refractivity contribution in [1.82, 2.24) is 5.32 Å². The summed E-state index contributed by atoms with van der Waals surface area (Å²) in [5.74, 6) is 0. The highest BCUT2D eigenvalue weighted by Crippen LogP contribution is 2.38. The number of rotatable bonds is 3. The van der Waals surface area contributed by atoms with E-state index in [1.54, 1.807) is 12.1 Å². The van der Waals surface area contributed by atoms with Gasteiger partial charge in [0.05, 0.1) is 11.6 Å². The van der Waals surface area contributed by atoms with Gasteiger partial charge in [-0.3, -0.25) is 0 Å². The second kappa shape index (κ2) is 5.16. The maximum atomic E-state index is 11.0. The average molecular weight is 269 g/mol. The van der Waals surface area contributed by atoms with Crippen LogP contribution in [0.25, 0.3) is 0 Å². The second-order valence-electron chi connectivity index (χ2n) is 4.82. The van der Waals surface area contributed by atoms with E-state index in [2.05, 4.69) is 5.32 Å². The van der Waals surface area contributed by atoms with Gasteiger partial charge in [-0.05, 0) is 30.5 Å². The van der Waals surface area contributed by atoms with E-state index in [-0.39, 0.29) is 6.04 Å². The lowest BCUT2D eigenvalue weighted by atomic mass is 9.84. The Morgan fingerprint density at radius 1 is 1.33 bits per heavy atom. The van der Waals surface area contributed by atoms with Gasteiger partial charge in [0.2, 0.25) is 0 Å². The van der Waals surface area contributed by atoms with Crippen LogP contribution in [0.1, 0.15) is 37.3 Å². The highest BCUT2D eigenvalue weighted by atomic mass is 35.5. The third kappa shape index (κ3) is 2.60. The maximum absolute atomic E-state index is 11.0. The van der Waals surface area contributed by atoms with E-state index in [9.17, 15) is 4.79 Å². The number of nitrogens with two attached hydrogens (primary N) is 1. The number of amides is 1. The van der Waals surface area contributed by atoms with Crippen LogP contribution in [-0.2, 0) is 0 Å². The largest absolute Gasteiger partial charge is 0.465 e. The molecule has 1 aromatic carbocycles. The van der Waals surface area contributed by atoms with Gasteiger partial charge in [0, 0.05) is 5.02 Å². The van der Waals surface area contributed by atoms with Crippen LogP contribution in [0.15, 0.2) is 24.3 Å². The Morgan fingerprint density at radius 2 is 1.89 bits per heavy atom. The SMILES string of the molecule is NC(c1ccc(Cl)cc1)C1(NC(=O)O)CCCC1. The van der Waals surface area contributed by atoms with Crippen molar-refractivity contribution in [2.45, 2.75) is 37.3 Å². The van der Waals surface area contributed by atoms with E-state index >= 15 is 0 Å². The summed E-state index contributed by atoms with van der Waals surface area (Å²) in [7, 11) is 0. The molecule has 5 heteroatoms. The number of nitrogens with one attached hydrogen (secondary N) is 1. The minimum absolute atomic E-state index is 0.339. The van der Waals surface area contributed by atoms with Crippen LogP contribution in [-0.4, -0.2) is 16.7 Å². The molecule has 0 bridgehead atoms. The van der Waals surface area contributed by atoms with Gasteiger partial charge in [0.15, 0.2) is 0 Å². The summed E-state index contributed by atoms with van der Waals surface area (Å²) in [4.78, 5) is 11.0.